The van der Waals surface area contributed by atoms with Gasteiger partial charge in [0, 0.05) is 5.69 Å². The minimum atomic E-state index is -1.19. The molecule has 18 heavy (non-hydrogen) atoms. The lowest BCUT2D eigenvalue weighted by Crippen LogP contribution is -2.14. The van der Waals surface area contributed by atoms with Gasteiger partial charge in [-0.1, -0.05) is 6.07 Å². The molecular weight excluding hydrogens is 240 g/mol. The van der Waals surface area contributed by atoms with Gasteiger partial charge in [0.15, 0.2) is 11.6 Å². The Morgan fingerprint density at radius 1 is 1.06 bits per heavy atom. The van der Waals surface area contributed by atoms with E-state index in [-0.39, 0.29) is 11.3 Å². The Morgan fingerprint density at radius 3 is 2.39 bits per heavy atom. The molecule has 0 saturated carbocycles. The fourth-order valence-electron chi connectivity index (χ4n) is 1.42. The van der Waals surface area contributed by atoms with Gasteiger partial charge in [-0.05, 0) is 36.4 Å². The highest BCUT2D eigenvalue weighted by atomic mass is 19.2. The second kappa shape index (κ2) is 4.83. The van der Waals surface area contributed by atoms with E-state index in [2.05, 4.69) is 5.32 Å². The van der Waals surface area contributed by atoms with Crippen LogP contribution in [-0.2, 0) is 0 Å². The van der Waals surface area contributed by atoms with Crippen molar-refractivity contribution in [2.45, 2.75) is 0 Å². The molecular formula is C13H9F2NO2. The summed E-state index contributed by atoms with van der Waals surface area (Å²) < 4.78 is 26.3. The fourth-order valence-corrected chi connectivity index (χ4v) is 1.42. The molecule has 0 unspecified atom stereocenters. The van der Waals surface area contributed by atoms with Crippen molar-refractivity contribution in [3.63, 3.8) is 0 Å². The van der Waals surface area contributed by atoms with Crippen LogP contribution >= 0.6 is 0 Å². The Morgan fingerprint density at radius 2 is 1.72 bits per heavy atom. The van der Waals surface area contributed by atoms with Crippen molar-refractivity contribution in [2.75, 3.05) is 5.32 Å². The monoisotopic (exact) mass is 249 g/mol. The van der Waals surface area contributed by atoms with Crippen LogP contribution in [-0.4, -0.2) is 11.0 Å². The molecule has 0 aliphatic rings. The summed E-state index contributed by atoms with van der Waals surface area (Å²) in [6.45, 7) is 0. The average Bonchev–Trinajstić information content (AvgIpc) is 2.35. The minimum absolute atomic E-state index is 0.0462. The predicted molar refractivity (Wildman–Crippen MR) is 62.4 cm³/mol. The van der Waals surface area contributed by atoms with Crippen molar-refractivity contribution in [3.8, 4) is 5.75 Å². The number of hydrogen-bond acceptors (Lipinski definition) is 2. The van der Waals surface area contributed by atoms with E-state index >= 15 is 0 Å². The van der Waals surface area contributed by atoms with Crippen molar-refractivity contribution < 1.29 is 18.7 Å². The van der Waals surface area contributed by atoms with E-state index in [9.17, 15) is 13.6 Å². The summed E-state index contributed by atoms with van der Waals surface area (Å²) >= 11 is 0. The molecule has 92 valence electrons. The molecule has 5 heteroatoms. The van der Waals surface area contributed by atoms with Gasteiger partial charge in [0.2, 0.25) is 0 Å². The standard InChI is InChI=1S/C13H9F2NO2/c14-11-3-1-2-10(12(11)15)13(18)16-8-4-6-9(17)7-5-8/h1-7,17H,(H,16,18). The van der Waals surface area contributed by atoms with Gasteiger partial charge in [-0.2, -0.15) is 0 Å². The van der Waals surface area contributed by atoms with Crippen LogP contribution in [0.5, 0.6) is 5.75 Å². The molecule has 0 atom stereocenters. The number of halogens is 2. The van der Waals surface area contributed by atoms with Crippen LogP contribution in [0.15, 0.2) is 42.5 Å². The van der Waals surface area contributed by atoms with Gasteiger partial charge in [0.25, 0.3) is 5.91 Å². The largest absolute Gasteiger partial charge is 0.508 e. The number of carbonyl (C=O) groups excluding carboxylic acids is 1. The molecule has 0 radical (unpaired) electrons. The van der Waals surface area contributed by atoms with Crippen LogP contribution in [0.3, 0.4) is 0 Å². The number of rotatable bonds is 2. The lowest BCUT2D eigenvalue weighted by atomic mass is 10.2. The maximum absolute atomic E-state index is 13.3. The molecule has 2 rings (SSSR count). The molecule has 0 aliphatic carbocycles. The van der Waals surface area contributed by atoms with E-state index in [1.54, 1.807) is 0 Å². The number of nitrogens with one attached hydrogen (secondary N) is 1. The lowest BCUT2D eigenvalue weighted by Gasteiger charge is -2.06. The van der Waals surface area contributed by atoms with E-state index in [1.165, 1.54) is 36.4 Å². The Hall–Kier alpha value is -2.43. The highest BCUT2D eigenvalue weighted by Gasteiger charge is 2.14. The third kappa shape index (κ3) is 2.45. The Kier molecular flexibility index (Phi) is 3.23. The third-order valence-corrected chi connectivity index (χ3v) is 2.32. The van der Waals surface area contributed by atoms with Gasteiger partial charge in [-0.15, -0.1) is 0 Å². The van der Waals surface area contributed by atoms with Gasteiger partial charge in [0.1, 0.15) is 5.75 Å². The zero-order chi connectivity index (χ0) is 13.1. The zero-order valence-electron chi connectivity index (χ0n) is 9.15. The topological polar surface area (TPSA) is 49.3 Å². The first-order chi connectivity index (χ1) is 8.58. The van der Waals surface area contributed by atoms with E-state index in [0.717, 1.165) is 6.07 Å². The van der Waals surface area contributed by atoms with Crippen LogP contribution in [0, 0.1) is 11.6 Å². The van der Waals surface area contributed by atoms with Gasteiger partial charge in [-0.3, -0.25) is 4.79 Å². The van der Waals surface area contributed by atoms with Crippen LogP contribution < -0.4 is 5.32 Å². The SMILES string of the molecule is O=C(Nc1ccc(O)cc1)c1cccc(F)c1F. The minimum Gasteiger partial charge on any atom is -0.508 e. The Labute approximate surface area is 102 Å². The van der Waals surface area contributed by atoms with Gasteiger partial charge in [-0.25, -0.2) is 8.78 Å². The molecule has 2 aromatic rings. The van der Waals surface area contributed by atoms with Crippen molar-refractivity contribution in [2.24, 2.45) is 0 Å². The van der Waals surface area contributed by atoms with Crippen LogP contribution in [0.4, 0.5) is 14.5 Å². The lowest BCUT2D eigenvalue weighted by molar-refractivity contribution is 0.102. The van der Waals surface area contributed by atoms with Crippen LogP contribution in [0.1, 0.15) is 10.4 Å². The van der Waals surface area contributed by atoms with Crippen LogP contribution in [0.2, 0.25) is 0 Å². The van der Waals surface area contributed by atoms with Crippen molar-refractivity contribution in [1.82, 2.24) is 0 Å². The molecule has 2 N–H and O–H groups in total. The maximum atomic E-state index is 13.3. The first-order valence-electron chi connectivity index (χ1n) is 5.12. The maximum Gasteiger partial charge on any atom is 0.258 e. The summed E-state index contributed by atoms with van der Waals surface area (Å²) in [4.78, 5) is 11.7. The van der Waals surface area contributed by atoms with E-state index in [0.29, 0.717) is 5.69 Å². The van der Waals surface area contributed by atoms with E-state index in [1.807, 2.05) is 0 Å². The molecule has 2 aromatic carbocycles. The number of amides is 1. The van der Waals surface area contributed by atoms with E-state index in [4.69, 9.17) is 5.11 Å². The second-order valence-corrected chi connectivity index (χ2v) is 3.60. The van der Waals surface area contributed by atoms with Crippen molar-refractivity contribution in [3.05, 3.63) is 59.7 Å². The summed E-state index contributed by atoms with van der Waals surface area (Å²) in [6, 6.07) is 9.02. The Bertz CT molecular complexity index is 582. The Balaban J connectivity index is 2.22. The number of anilines is 1. The highest BCUT2D eigenvalue weighted by molar-refractivity contribution is 6.04. The number of aromatic hydroxyl groups is 1. The quantitative estimate of drug-likeness (QED) is 0.804. The number of benzene rings is 2. The normalized spacial score (nSPS) is 10.1. The number of hydrogen-bond donors (Lipinski definition) is 2. The molecule has 0 aliphatic heterocycles. The molecule has 0 aromatic heterocycles. The fraction of sp³-hybridized carbons (Fsp3) is 0. The van der Waals surface area contributed by atoms with Gasteiger partial charge < -0.3 is 10.4 Å². The first kappa shape index (κ1) is 12.0. The smallest absolute Gasteiger partial charge is 0.258 e. The number of phenols is 1. The molecule has 0 saturated heterocycles. The summed E-state index contributed by atoms with van der Waals surface area (Å²) in [7, 11) is 0. The van der Waals surface area contributed by atoms with Gasteiger partial charge >= 0.3 is 0 Å². The number of carbonyl (C=O) groups is 1. The molecule has 0 heterocycles. The summed E-state index contributed by atoms with van der Waals surface area (Å²) in [6.07, 6.45) is 0. The predicted octanol–water partition coefficient (Wildman–Crippen LogP) is 2.92. The number of phenolic OH excluding ortho intramolecular Hbond substituents is 1. The summed E-state index contributed by atoms with van der Waals surface area (Å²) in [5.74, 6) is -2.97. The first-order valence-corrected chi connectivity index (χ1v) is 5.12. The summed E-state index contributed by atoms with van der Waals surface area (Å²) in [5.41, 5.74) is 0.00420. The molecule has 0 fully saturated rings. The average molecular weight is 249 g/mol. The molecule has 0 bridgehead atoms. The van der Waals surface area contributed by atoms with E-state index < -0.39 is 17.5 Å². The van der Waals surface area contributed by atoms with Gasteiger partial charge in [0.05, 0.1) is 5.56 Å². The summed E-state index contributed by atoms with van der Waals surface area (Å²) in [5, 5.41) is 11.5. The second-order valence-electron chi connectivity index (χ2n) is 3.60. The zero-order valence-corrected chi connectivity index (χ0v) is 9.15. The highest BCUT2D eigenvalue weighted by Crippen LogP contribution is 2.16. The van der Waals surface area contributed by atoms with Crippen LogP contribution in [0.25, 0.3) is 0 Å². The van der Waals surface area contributed by atoms with Crippen molar-refractivity contribution in [1.29, 1.82) is 0 Å². The third-order valence-electron chi connectivity index (χ3n) is 2.32. The van der Waals surface area contributed by atoms with Crippen molar-refractivity contribution >= 4 is 11.6 Å². The molecule has 1 amide bonds. The molecule has 3 nitrogen and oxygen atoms in total. The molecule has 0 spiro atoms.